The molecule has 2 aliphatic carbocycles. The minimum Gasteiger partial charge on any atom is -0.275 e. The average molecular weight is 247 g/mol. The fourth-order valence-electron chi connectivity index (χ4n) is 4.35. The van der Waals surface area contributed by atoms with Crippen LogP contribution in [0.3, 0.4) is 0 Å². The van der Waals surface area contributed by atoms with Crippen molar-refractivity contribution < 1.29 is 9.59 Å². The third-order valence-electron chi connectivity index (χ3n) is 5.64. The molecule has 0 spiro atoms. The molecule has 3 nitrogen and oxygen atoms in total. The SMILES string of the molecule is CC1=CC(=O)N(CC2CC3CC2C(C)C3C)C1=O. The van der Waals surface area contributed by atoms with E-state index in [0.717, 1.165) is 17.8 Å². The number of imide groups is 1. The zero-order valence-corrected chi connectivity index (χ0v) is 11.3. The van der Waals surface area contributed by atoms with Crippen molar-refractivity contribution in [3.8, 4) is 0 Å². The van der Waals surface area contributed by atoms with Crippen LogP contribution in [0.5, 0.6) is 0 Å². The first-order valence-corrected chi connectivity index (χ1v) is 7.03. The predicted octanol–water partition coefficient (Wildman–Crippen LogP) is 2.23. The number of nitrogens with zero attached hydrogens (tertiary/aromatic N) is 1. The monoisotopic (exact) mass is 247 g/mol. The lowest BCUT2D eigenvalue weighted by molar-refractivity contribution is -0.138. The first-order chi connectivity index (χ1) is 8.49. The van der Waals surface area contributed by atoms with E-state index in [4.69, 9.17) is 0 Å². The Bertz CT molecular complexity index is 438. The molecule has 3 aliphatic rings. The summed E-state index contributed by atoms with van der Waals surface area (Å²) in [5.41, 5.74) is 0.588. The van der Waals surface area contributed by atoms with Crippen molar-refractivity contribution in [1.29, 1.82) is 0 Å². The summed E-state index contributed by atoms with van der Waals surface area (Å²) in [6.45, 7) is 7.05. The summed E-state index contributed by atoms with van der Waals surface area (Å²) in [7, 11) is 0. The van der Waals surface area contributed by atoms with Crippen LogP contribution in [0.4, 0.5) is 0 Å². The molecule has 1 heterocycles. The van der Waals surface area contributed by atoms with Crippen LogP contribution >= 0.6 is 0 Å². The van der Waals surface area contributed by atoms with Crippen molar-refractivity contribution >= 4 is 11.8 Å². The van der Waals surface area contributed by atoms with Gasteiger partial charge in [-0.05, 0) is 49.4 Å². The summed E-state index contributed by atoms with van der Waals surface area (Å²) in [6, 6.07) is 0. The van der Waals surface area contributed by atoms with Crippen LogP contribution in [0.2, 0.25) is 0 Å². The second-order valence-electron chi connectivity index (χ2n) is 6.45. The van der Waals surface area contributed by atoms with E-state index in [1.54, 1.807) is 6.92 Å². The lowest BCUT2D eigenvalue weighted by Gasteiger charge is -2.33. The number of carbonyl (C=O) groups excluding carboxylic acids is 2. The molecule has 5 unspecified atom stereocenters. The highest BCUT2D eigenvalue weighted by molar-refractivity contribution is 6.15. The fourth-order valence-corrected chi connectivity index (χ4v) is 4.35. The number of carbonyl (C=O) groups is 2. The van der Waals surface area contributed by atoms with E-state index >= 15 is 0 Å². The molecular formula is C15H21NO2. The van der Waals surface area contributed by atoms with Crippen molar-refractivity contribution in [3.63, 3.8) is 0 Å². The molecule has 1 aliphatic heterocycles. The highest BCUT2D eigenvalue weighted by atomic mass is 16.2. The van der Waals surface area contributed by atoms with Gasteiger partial charge in [0.1, 0.15) is 0 Å². The second kappa shape index (κ2) is 3.94. The average Bonchev–Trinajstić information content (AvgIpc) is 2.92. The molecule has 0 N–H and O–H groups in total. The number of fused-ring (bicyclic) bond motifs is 2. The van der Waals surface area contributed by atoms with Gasteiger partial charge in [-0.15, -0.1) is 0 Å². The summed E-state index contributed by atoms with van der Waals surface area (Å²) in [5.74, 6) is 3.44. The molecule has 0 aromatic carbocycles. The van der Waals surface area contributed by atoms with Gasteiger partial charge in [-0.25, -0.2) is 0 Å². The van der Waals surface area contributed by atoms with Crippen LogP contribution in [0.1, 0.15) is 33.6 Å². The lowest BCUT2D eigenvalue weighted by atomic mass is 9.75. The van der Waals surface area contributed by atoms with Gasteiger partial charge in [-0.3, -0.25) is 14.5 Å². The molecule has 98 valence electrons. The molecule has 18 heavy (non-hydrogen) atoms. The minimum atomic E-state index is -0.110. The van der Waals surface area contributed by atoms with Crippen LogP contribution in [0.25, 0.3) is 0 Å². The number of hydrogen-bond acceptors (Lipinski definition) is 2. The van der Waals surface area contributed by atoms with Crippen molar-refractivity contribution in [2.24, 2.45) is 29.6 Å². The Hall–Kier alpha value is -1.12. The smallest absolute Gasteiger partial charge is 0.256 e. The zero-order chi connectivity index (χ0) is 13.0. The summed E-state index contributed by atoms with van der Waals surface area (Å²) in [5, 5.41) is 0. The van der Waals surface area contributed by atoms with Crippen molar-refractivity contribution in [3.05, 3.63) is 11.6 Å². The third-order valence-corrected chi connectivity index (χ3v) is 5.64. The molecular weight excluding hydrogens is 226 g/mol. The van der Waals surface area contributed by atoms with Gasteiger partial charge in [0, 0.05) is 18.2 Å². The van der Waals surface area contributed by atoms with Crippen molar-refractivity contribution in [2.45, 2.75) is 33.6 Å². The summed E-state index contributed by atoms with van der Waals surface area (Å²) in [4.78, 5) is 25.1. The van der Waals surface area contributed by atoms with E-state index in [1.807, 2.05) is 0 Å². The minimum absolute atomic E-state index is 0.0801. The van der Waals surface area contributed by atoms with E-state index in [9.17, 15) is 9.59 Å². The van der Waals surface area contributed by atoms with Gasteiger partial charge >= 0.3 is 0 Å². The number of amides is 2. The third kappa shape index (κ3) is 1.56. The summed E-state index contributed by atoms with van der Waals surface area (Å²) in [6.07, 6.45) is 3.98. The van der Waals surface area contributed by atoms with Gasteiger partial charge < -0.3 is 0 Å². The highest BCUT2D eigenvalue weighted by Crippen LogP contribution is 2.55. The maximum Gasteiger partial charge on any atom is 0.256 e. The normalized spacial score (nSPS) is 42.9. The molecule has 0 aromatic rings. The molecule has 2 saturated carbocycles. The standard InChI is InChI=1S/C15H21NO2/c1-8-4-14(17)16(15(8)18)7-12-5-11-6-13(12)10(3)9(11)2/h4,9-13H,5-7H2,1-3H3. The predicted molar refractivity (Wildman–Crippen MR) is 68.5 cm³/mol. The van der Waals surface area contributed by atoms with Crippen molar-refractivity contribution in [1.82, 2.24) is 4.90 Å². The van der Waals surface area contributed by atoms with E-state index in [-0.39, 0.29) is 11.8 Å². The molecule has 3 rings (SSSR count). The van der Waals surface area contributed by atoms with E-state index in [0.29, 0.717) is 24.0 Å². The Morgan fingerprint density at radius 3 is 2.44 bits per heavy atom. The molecule has 0 aromatic heterocycles. The fraction of sp³-hybridized carbons (Fsp3) is 0.733. The highest BCUT2D eigenvalue weighted by Gasteiger charge is 2.49. The molecule has 2 fully saturated rings. The van der Waals surface area contributed by atoms with Crippen LogP contribution in [-0.4, -0.2) is 23.3 Å². The molecule has 3 heteroatoms. The Kier molecular flexibility index (Phi) is 2.61. The van der Waals surface area contributed by atoms with Crippen molar-refractivity contribution in [2.75, 3.05) is 6.54 Å². The van der Waals surface area contributed by atoms with E-state index in [2.05, 4.69) is 13.8 Å². The van der Waals surface area contributed by atoms with E-state index in [1.165, 1.54) is 23.8 Å². The molecule has 0 saturated heterocycles. The first-order valence-electron chi connectivity index (χ1n) is 7.03. The van der Waals surface area contributed by atoms with Crippen LogP contribution in [0, 0.1) is 29.6 Å². The second-order valence-corrected chi connectivity index (χ2v) is 6.45. The molecule has 2 amide bonds. The molecule has 0 radical (unpaired) electrons. The van der Waals surface area contributed by atoms with Crippen LogP contribution in [0.15, 0.2) is 11.6 Å². The summed E-state index contributed by atoms with van der Waals surface area (Å²) >= 11 is 0. The maximum absolute atomic E-state index is 11.9. The molecule has 2 bridgehead atoms. The van der Waals surface area contributed by atoms with Gasteiger partial charge in [0.25, 0.3) is 11.8 Å². The first kappa shape index (κ1) is 11.9. The van der Waals surface area contributed by atoms with Gasteiger partial charge in [0.2, 0.25) is 0 Å². The number of hydrogen-bond donors (Lipinski definition) is 0. The Morgan fingerprint density at radius 1 is 1.22 bits per heavy atom. The van der Waals surface area contributed by atoms with E-state index < -0.39 is 0 Å². The van der Waals surface area contributed by atoms with Crippen LogP contribution in [-0.2, 0) is 9.59 Å². The van der Waals surface area contributed by atoms with Gasteiger partial charge in [-0.1, -0.05) is 13.8 Å². The molecule has 5 atom stereocenters. The Balaban J connectivity index is 1.70. The largest absolute Gasteiger partial charge is 0.275 e. The quantitative estimate of drug-likeness (QED) is 0.702. The maximum atomic E-state index is 11.9. The van der Waals surface area contributed by atoms with Crippen LogP contribution < -0.4 is 0 Å². The number of rotatable bonds is 2. The van der Waals surface area contributed by atoms with Gasteiger partial charge in [0.15, 0.2) is 0 Å². The zero-order valence-electron chi connectivity index (χ0n) is 11.3. The van der Waals surface area contributed by atoms with Gasteiger partial charge in [0.05, 0.1) is 0 Å². The summed E-state index contributed by atoms with van der Waals surface area (Å²) < 4.78 is 0. The Labute approximate surface area is 108 Å². The Morgan fingerprint density at radius 2 is 1.94 bits per heavy atom. The topological polar surface area (TPSA) is 37.4 Å². The van der Waals surface area contributed by atoms with Gasteiger partial charge in [-0.2, -0.15) is 0 Å². The lowest BCUT2D eigenvalue weighted by Crippen LogP contribution is -2.39.